The van der Waals surface area contributed by atoms with Crippen molar-refractivity contribution >= 4 is 29.9 Å². The minimum absolute atomic E-state index is 0. The number of ether oxygens (including phenoxy) is 1. The molecule has 2 fully saturated rings. The quantitative estimate of drug-likeness (QED) is 0.285. The molecule has 7 heteroatoms. The van der Waals surface area contributed by atoms with E-state index in [-0.39, 0.29) is 24.0 Å². The van der Waals surface area contributed by atoms with Gasteiger partial charge in [-0.05, 0) is 57.7 Å². The number of guanidine groups is 1. The molecule has 0 saturated carbocycles. The zero-order valence-corrected chi connectivity index (χ0v) is 20.9. The molecule has 0 bridgehead atoms. The number of likely N-dealkylation sites (tertiary alicyclic amines) is 1. The second-order valence-corrected chi connectivity index (χ2v) is 8.27. The highest BCUT2D eigenvalue weighted by Gasteiger charge is 2.23. The van der Waals surface area contributed by atoms with Gasteiger partial charge in [0.25, 0.3) is 0 Å². The van der Waals surface area contributed by atoms with Crippen LogP contribution in [-0.4, -0.2) is 87.4 Å². The summed E-state index contributed by atoms with van der Waals surface area (Å²) in [6, 6.07) is 0.489. The maximum absolute atomic E-state index is 5.51. The van der Waals surface area contributed by atoms with Crippen molar-refractivity contribution in [3.63, 3.8) is 0 Å². The van der Waals surface area contributed by atoms with E-state index in [1.54, 1.807) is 0 Å². The Balaban J connectivity index is 0.00000392. The Morgan fingerprint density at radius 1 is 1.07 bits per heavy atom. The summed E-state index contributed by atoms with van der Waals surface area (Å²) in [6.07, 6.45) is 3.93. The first-order valence-corrected chi connectivity index (χ1v) is 11.2. The first-order valence-electron chi connectivity index (χ1n) is 11.2. The summed E-state index contributed by atoms with van der Waals surface area (Å²) in [5, 5.41) is 6.99. The number of aliphatic imine (C=N–C) groups is 1. The van der Waals surface area contributed by atoms with Gasteiger partial charge in [-0.15, -0.1) is 24.0 Å². The summed E-state index contributed by atoms with van der Waals surface area (Å²) in [5.41, 5.74) is 0. The van der Waals surface area contributed by atoms with Gasteiger partial charge in [0, 0.05) is 32.2 Å². The van der Waals surface area contributed by atoms with Crippen LogP contribution in [-0.2, 0) is 4.74 Å². The van der Waals surface area contributed by atoms with Crippen molar-refractivity contribution in [1.82, 2.24) is 20.4 Å². The highest BCUT2D eigenvalue weighted by Crippen LogP contribution is 2.19. The normalized spacial score (nSPS) is 21.4. The number of morpholine rings is 1. The fraction of sp³-hybridized carbons (Fsp3) is 0.952. The third-order valence-electron chi connectivity index (χ3n) is 6.06. The second kappa shape index (κ2) is 14.8. The van der Waals surface area contributed by atoms with Crippen molar-refractivity contribution in [3.8, 4) is 0 Å². The van der Waals surface area contributed by atoms with Crippen LogP contribution in [0.15, 0.2) is 4.99 Å². The molecule has 0 radical (unpaired) electrons. The predicted molar refractivity (Wildman–Crippen MR) is 130 cm³/mol. The van der Waals surface area contributed by atoms with Crippen molar-refractivity contribution in [2.24, 2.45) is 16.8 Å². The lowest BCUT2D eigenvalue weighted by Gasteiger charge is -2.36. The standard InChI is InChI=1S/C21H43N5O.HI/c1-5-22-21(23-10-7-19-8-11-25(6-2)12-9-19)24-17-20(18(3)4)26-13-15-27-16-14-26;/h18-20H,5-17H2,1-4H3,(H2,22,23,24);1H. The topological polar surface area (TPSA) is 52.1 Å². The molecule has 0 aliphatic carbocycles. The molecular formula is C21H44IN5O. The van der Waals surface area contributed by atoms with Crippen LogP contribution in [0.4, 0.5) is 0 Å². The van der Waals surface area contributed by atoms with Gasteiger partial charge in [-0.1, -0.05) is 20.8 Å². The maximum Gasteiger partial charge on any atom is 0.191 e. The van der Waals surface area contributed by atoms with Crippen molar-refractivity contribution in [1.29, 1.82) is 0 Å². The molecule has 2 N–H and O–H groups in total. The van der Waals surface area contributed by atoms with E-state index in [1.807, 2.05) is 0 Å². The van der Waals surface area contributed by atoms with E-state index in [9.17, 15) is 0 Å². The lowest BCUT2D eigenvalue weighted by atomic mass is 9.93. The highest BCUT2D eigenvalue weighted by molar-refractivity contribution is 14.0. The van der Waals surface area contributed by atoms with E-state index >= 15 is 0 Å². The van der Waals surface area contributed by atoms with Crippen LogP contribution >= 0.6 is 24.0 Å². The zero-order valence-electron chi connectivity index (χ0n) is 18.6. The third kappa shape index (κ3) is 9.13. The predicted octanol–water partition coefficient (Wildman–Crippen LogP) is 2.64. The van der Waals surface area contributed by atoms with Crippen LogP contribution in [0, 0.1) is 11.8 Å². The molecule has 1 atom stereocenters. The van der Waals surface area contributed by atoms with Crippen molar-refractivity contribution in [3.05, 3.63) is 0 Å². The number of hydrogen-bond acceptors (Lipinski definition) is 4. The van der Waals surface area contributed by atoms with Crippen LogP contribution in [0.25, 0.3) is 0 Å². The summed E-state index contributed by atoms with van der Waals surface area (Å²) < 4.78 is 5.51. The van der Waals surface area contributed by atoms with Gasteiger partial charge >= 0.3 is 0 Å². The molecule has 6 nitrogen and oxygen atoms in total. The number of hydrogen-bond donors (Lipinski definition) is 2. The molecule has 2 heterocycles. The van der Waals surface area contributed by atoms with E-state index in [2.05, 4.69) is 48.1 Å². The van der Waals surface area contributed by atoms with E-state index < -0.39 is 0 Å². The largest absolute Gasteiger partial charge is 0.379 e. The minimum Gasteiger partial charge on any atom is -0.379 e. The van der Waals surface area contributed by atoms with Gasteiger partial charge in [0.2, 0.25) is 0 Å². The van der Waals surface area contributed by atoms with Crippen LogP contribution in [0.3, 0.4) is 0 Å². The van der Waals surface area contributed by atoms with Crippen LogP contribution in [0.5, 0.6) is 0 Å². The third-order valence-corrected chi connectivity index (χ3v) is 6.06. The first kappa shape index (κ1) is 25.9. The van der Waals surface area contributed by atoms with E-state index in [0.29, 0.717) is 12.0 Å². The fourth-order valence-corrected chi connectivity index (χ4v) is 4.17. The Bertz CT molecular complexity index is 421. The van der Waals surface area contributed by atoms with Crippen molar-refractivity contribution in [2.45, 2.75) is 53.0 Å². The summed E-state index contributed by atoms with van der Waals surface area (Å²) in [4.78, 5) is 10.0. The number of halogens is 1. The molecule has 28 heavy (non-hydrogen) atoms. The molecule has 0 spiro atoms. The Labute approximate surface area is 190 Å². The van der Waals surface area contributed by atoms with Crippen molar-refractivity contribution < 1.29 is 4.74 Å². The molecule has 2 aliphatic heterocycles. The summed E-state index contributed by atoms with van der Waals surface area (Å²) in [6.45, 7) is 19.3. The van der Waals surface area contributed by atoms with Gasteiger partial charge in [-0.3, -0.25) is 9.89 Å². The molecule has 2 aliphatic rings. The number of nitrogens with zero attached hydrogens (tertiary/aromatic N) is 3. The molecule has 166 valence electrons. The Morgan fingerprint density at radius 2 is 1.75 bits per heavy atom. The monoisotopic (exact) mass is 509 g/mol. The van der Waals surface area contributed by atoms with E-state index in [1.165, 1.54) is 38.9 Å². The van der Waals surface area contributed by atoms with Gasteiger partial charge < -0.3 is 20.3 Å². The molecule has 0 aromatic carbocycles. The molecule has 1 unspecified atom stereocenters. The summed E-state index contributed by atoms with van der Waals surface area (Å²) >= 11 is 0. The Morgan fingerprint density at radius 3 is 2.32 bits per heavy atom. The average molecular weight is 510 g/mol. The molecule has 0 aromatic rings. The fourth-order valence-electron chi connectivity index (χ4n) is 4.17. The van der Waals surface area contributed by atoms with Crippen molar-refractivity contribution in [2.75, 3.05) is 65.6 Å². The van der Waals surface area contributed by atoms with Gasteiger partial charge in [0.05, 0.1) is 19.8 Å². The lowest BCUT2D eigenvalue weighted by Crippen LogP contribution is -2.48. The molecular weight excluding hydrogens is 465 g/mol. The molecule has 2 rings (SSSR count). The Kier molecular flexibility index (Phi) is 13.7. The molecule has 0 amide bonds. The van der Waals surface area contributed by atoms with E-state index in [0.717, 1.165) is 57.8 Å². The van der Waals surface area contributed by atoms with Crippen LogP contribution < -0.4 is 10.6 Å². The van der Waals surface area contributed by atoms with Gasteiger partial charge in [-0.25, -0.2) is 0 Å². The number of piperidine rings is 1. The minimum atomic E-state index is 0. The van der Waals surface area contributed by atoms with Crippen LogP contribution in [0.1, 0.15) is 47.0 Å². The molecule has 2 saturated heterocycles. The smallest absolute Gasteiger partial charge is 0.191 e. The second-order valence-electron chi connectivity index (χ2n) is 8.27. The SMILES string of the molecule is CCNC(=NCC(C(C)C)N1CCOCC1)NCCC1CCN(CC)CC1.I. The molecule has 0 aromatic heterocycles. The van der Waals surface area contributed by atoms with E-state index in [4.69, 9.17) is 9.73 Å². The first-order chi connectivity index (χ1) is 13.1. The summed E-state index contributed by atoms with van der Waals surface area (Å²) in [5.74, 6) is 2.43. The van der Waals surface area contributed by atoms with Crippen LogP contribution in [0.2, 0.25) is 0 Å². The van der Waals surface area contributed by atoms with Gasteiger partial charge in [0.1, 0.15) is 0 Å². The summed E-state index contributed by atoms with van der Waals surface area (Å²) in [7, 11) is 0. The maximum atomic E-state index is 5.51. The average Bonchev–Trinajstić information content (AvgIpc) is 2.69. The number of nitrogens with one attached hydrogen (secondary N) is 2. The zero-order chi connectivity index (χ0) is 19.5. The highest BCUT2D eigenvalue weighted by atomic mass is 127. The Hall–Kier alpha value is -0.120. The van der Waals surface area contributed by atoms with Gasteiger partial charge in [-0.2, -0.15) is 0 Å². The lowest BCUT2D eigenvalue weighted by molar-refractivity contribution is 0.00867. The van der Waals surface area contributed by atoms with Gasteiger partial charge in [0.15, 0.2) is 5.96 Å². The number of rotatable bonds is 9.